The van der Waals surface area contributed by atoms with E-state index in [9.17, 15) is 21.6 Å². The normalized spacial score (nSPS) is 9.36. The number of alkyl halides is 3. The fourth-order valence-electron chi connectivity index (χ4n) is 0.848. The predicted octanol–water partition coefficient (Wildman–Crippen LogP) is 3.56. The quantitative estimate of drug-likeness (QED) is 0.819. The second-order valence-corrected chi connectivity index (χ2v) is 5.02. The van der Waals surface area contributed by atoms with Crippen LogP contribution in [0.4, 0.5) is 13.2 Å². The van der Waals surface area contributed by atoms with E-state index in [2.05, 4.69) is 9.97 Å². The minimum absolute atomic E-state index is 0.132. The minimum Gasteiger partial charge on any atom is -0.368 e. The van der Waals surface area contributed by atoms with Gasteiger partial charge in [-0.25, -0.2) is 0 Å². The van der Waals surface area contributed by atoms with Crippen molar-refractivity contribution in [1.82, 2.24) is 9.97 Å². The third-order valence-electron chi connectivity index (χ3n) is 1.52. The van der Waals surface area contributed by atoms with Crippen molar-refractivity contribution in [3.05, 3.63) is 55.1 Å². The van der Waals surface area contributed by atoms with Gasteiger partial charge < -0.3 is 4.98 Å². The van der Waals surface area contributed by atoms with E-state index in [-0.39, 0.29) is 5.75 Å². The maximum atomic E-state index is 9.79. The molecule has 0 saturated carbocycles. The molecular formula is C13H19F3N2O3S. The molecule has 0 aliphatic carbocycles. The summed E-state index contributed by atoms with van der Waals surface area (Å²) in [5, 5.41) is 0. The zero-order chi connectivity index (χ0) is 17.3. The molecule has 5 nitrogen and oxygen atoms in total. The van der Waals surface area contributed by atoms with E-state index in [1.54, 1.807) is 19.3 Å². The highest BCUT2D eigenvalue weighted by atomic mass is 32.2. The van der Waals surface area contributed by atoms with Crippen molar-refractivity contribution in [2.24, 2.45) is 0 Å². The van der Waals surface area contributed by atoms with Crippen LogP contribution in [-0.2, 0) is 10.1 Å². The Balaban J connectivity index is 0. The summed E-state index contributed by atoms with van der Waals surface area (Å²) in [6.45, 7) is -1.98. The number of aromatic nitrogens is 2. The third kappa shape index (κ3) is 30.9. The van der Waals surface area contributed by atoms with Crippen LogP contribution in [0.2, 0.25) is 0 Å². The van der Waals surface area contributed by atoms with Gasteiger partial charge in [0, 0.05) is 24.8 Å². The highest BCUT2D eigenvalue weighted by Crippen LogP contribution is 1.87. The van der Waals surface area contributed by atoms with Crippen LogP contribution in [0.15, 0.2) is 55.1 Å². The molecule has 2 heterocycles. The first-order chi connectivity index (χ1) is 10.3. The molecule has 2 aromatic heterocycles. The molecule has 0 atom stereocenters. The maximum Gasteiger partial charge on any atom is 0.379 e. The van der Waals surface area contributed by atoms with Gasteiger partial charge in [0.25, 0.3) is 10.1 Å². The highest BCUT2D eigenvalue weighted by molar-refractivity contribution is 7.85. The molecule has 0 aromatic carbocycles. The number of rotatable bonds is 2. The zero-order valence-electron chi connectivity index (χ0n) is 11.9. The lowest BCUT2D eigenvalue weighted by atomic mass is 10.5. The number of halogens is 3. The lowest BCUT2D eigenvalue weighted by Crippen LogP contribution is -2.01. The Bertz CT molecular complexity index is 462. The molecule has 0 bridgehead atoms. The number of pyridine rings is 1. The Morgan fingerprint density at radius 2 is 1.50 bits per heavy atom. The molecule has 0 amide bonds. The van der Waals surface area contributed by atoms with Gasteiger partial charge in [-0.05, 0) is 30.7 Å². The summed E-state index contributed by atoms with van der Waals surface area (Å²) in [4.78, 5) is 6.65. The van der Waals surface area contributed by atoms with Crippen LogP contribution in [0, 0.1) is 0 Å². The van der Waals surface area contributed by atoms with E-state index in [1.165, 1.54) is 0 Å². The molecule has 2 aromatic rings. The molecule has 2 N–H and O–H groups in total. The van der Waals surface area contributed by atoms with Crippen molar-refractivity contribution in [1.29, 1.82) is 0 Å². The summed E-state index contributed by atoms with van der Waals surface area (Å²) in [6.07, 6.45) is 7.72. The van der Waals surface area contributed by atoms with Gasteiger partial charge in [0.05, 0.1) is 5.75 Å². The van der Waals surface area contributed by atoms with Gasteiger partial charge in [0.1, 0.15) is 0 Å². The number of hydrogen-bond acceptors (Lipinski definition) is 3. The first-order valence-electron chi connectivity index (χ1n) is 6.09. The lowest BCUT2D eigenvalue weighted by Gasteiger charge is -1.85. The van der Waals surface area contributed by atoms with E-state index in [4.69, 9.17) is 4.55 Å². The Labute approximate surface area is 128 Å². The largest absolute Gasteiger partial charge is 0.379 e. The lowest BCUT2D eigenvalue weighted by molar-refractivity contribution is 0.00819. The second kappa shape index (κ2) is 15.5. The van der Waals surface area contributed by atoms with E-state index in [1.807, 2.05) is 42.7 Å². The van der Waals surface area contributed by atoms with Gasteiger partial charge in [-0.1, -0.05) is 13.0 Å². The maximum absolute atomic E-state index is 9.79. The molecule has 9 heteroatoms. The van der Waals surface area contributed by atoms with Crippen molar-refractivity contribution in [2.75, 3.05) is 5.75 Å². The average Bonchev–Trinajstić information content (AvgIpc) is 2.98. The molecule has 22 heavy (non-hydrogen) atoms. The third-order valence-corrected chi connectivity index (χ3v) is 2.45. The molecule has 126 valence electrons. The molecule has 0 aliphatic rings. The fourth-order valence-corrected chi connectivity index (χ4v) is 1.36. The first kappa shape index (κ1) is 22.4. The Kier molecular flexibility index (Phi) is 15.8. The van der Waals surface area contributed by atoms with Crippen LogP contribution in [-0.4, -0.2) is 35.4 Å². The van der Waals surface area contributed by atoms with Crippen LogP contribution in [0.1, 0.15) is 13.3 Å². The molecule has 2 rings (SSSR count). The van der Waals surface area contributed by atoms with Crippen LogP contribution < -0.4 is 0 Å². The smallest absolute Gasteiger partial charge is 0.368 e. The SMILES string of the molecule is CCCS(=O)(=O)O.FC(F)F.c1cc[nH]c1.c1ccncc1. The van der Waals surface area contributed by atoms with Crippen molar-refractivity contribution in [2.45, 2.75) is 20.0 Å². The number of nitrogens with zero attached hydrogens (tertiary/aromatic N) is 1. The monoisotopic (exact) mass is 340 g/mol. The van der Waals surface area contributed by atoms with E-state index in [0.29, 0.717) is 6.42 Å². The molecule has 0 radical (unpaired) electrons. The molecule has 0 fully saturated rings. The molecule has 0 saturated heterocycles. The topological polar surface area (TPSA) is 83.0 Å². The minimum atomic E-state index is -3.67. The summed E-state index contributed by atoms with van der Waals surface area (Å²) in [5.74, 6) is -0.132. The van der Waals surface area contributed by atoms with Gasteiger partial charge in [-0.3, -0.25) is 9.54 Å². The van der Waals surface area contributed by atoms with E-state index < -0.39 is 16.8 Å². The summed E-state index contributed by atoms with van der Waals surface area (Å²) in [7, 11) is -3.67. The molecular weight excluding hydrogens is 321 g/mol. The van der Waals surface area contributed by atoms with Crippen LogP contribution in [0.25, 0.3) is 0 Å². The Morgan fingerprint density at radius 1 is 1.05 bits per heavy atom. The van der Waals surface area contributed by atoms with Gasteiger partial charge in [-0.15, -0.1) is 0 Å². The van der Waals surface area contributed by atoms with Crippen LogP contribution >= 0.6 is 0 Å². The summed E-state index contributed by atoms with van der Waals surface area (Å²) < 4.78 is 56.6. The van der Waals surface area contributed by atoms with Crippen LogP contribution in [0.5, 0.6) is 0 Å². The van der Waals surface area contributed by atoms with Gasteiger partial charge >= 0.3 is 6.68 Å². The molecule has 0 aliphatic heterocycles. The average molecular weight is 340 g/mol. The zero-order valence-corrected chi connectivity index (χ0v) is 12.8. The first-order valence-corrected chi connectivity index (χ1v) is 7.70. The standard InChI is InChI=1S/C5H5N.C4H5N.C3H8O3S.CHF3/c1-2-4-6-5-3-1;1-2-4-5-3-1;1-2-3-7(4,5)6;2-1(3)4/h1-5H;1-5H;2-3H2,1H3,(H,4,5,6);1H. The molecule has 0 spiro atoms. The van der Waals surface area contributed by atoms with Gasteiger partial charge in [0.2, 0.25) is 0 Å². The van der Waals surface area contributed by atoms with Crippen LogP contribution in [0.3, 0.4) is 0 Å². The van der Waals surface area contributed by atoms with Gasteiger partial charge in [-0.2, -0.15) is 21.6 Å². The predicted molar refractivity (Wildman–Crippen MR) is 78.8 cm³/mol. The number of H-pyrrole nitrogens is 1. The Morgan fingerprint density at radius 3 is 1.59 bits per heavy atom. The van der Waals surface area contributed by atoms with E-state index in [0.717, 1.165) is 0 Å². The van der Waals surface area contributed by atoms with Crippen molar-refractivity contribution in [3.63, 3.8) is 0 Å². The van der Waals surface area contributed by atoms with Crippen molar-refractivity contribution < 1.29 is 26.1 Å². The fraction of sp³-hybridized carbons (Fsp3) is 0.308. The second-order valence-electron chi connectivity index (χ2n) is 3.44. The molecule has 0 unspecified atom stereocenters. The van der Waals surface area contributed by atoms with E-state index >= 15 is 0 Å². The van der Waals surface area contributed by atoms with Gasteiger partial charge in [0.15, 0.2) is 0 Å². The summed E-state index contributed by atoms with van der Waals surface area (Å²) >= 11 is 0. The Hall–Kier alpha value is -1.87. The van der Waals surface area contributed by atoms with Crippen molar-refractivity contribution in [3.8, 4) is 0 Å². The summed E-state index contributed by atoms with van der Waals surface area (Å²) in [6, 6.07) is 9.60. The van der Waals surface area contributed by atoms with Crippen molar-refractivity contribution >= 4 is 10.1 Å². The number of hydrogen-bond donors (Lipinski definition) is 2. The number of nitrogens with one attached hydrogen (secondary N) is 1. The highest BCUT2D eigenvalue weighted by Gasteiger charge is 1.98. The number of aromatic amines is 1. The summed E-state index contributed by atoms with van der Waals surface area (Å²) in [5.41, 5.74) is 0.